The minimum atomic E-state index is -0.0658. The molecule has 1 unspecified atom stereocenters. The molecule has 22 heavy (non-hydrogen) atoms. The van der Waals surface area contributed by atoms with Gasteiger partial charge in [0.05, 0.1) is 6.10 Å². The van der Waals surface area contributed by atoms with Crippen molar-refractivity contribution in [3.63, 3.8) is 0 Å². The topological polar surface area (TPSA) is 20.2 Å². The second kappa shape index (κ2) is 5.37. The molecule has 3 aliphatic rings. The first-order valence-electron chi connectivity index (χ1n) is 9.35. The van der Waals surface area contributed by atoms with Crippen molar-refractivity contribution in [1.29, 1.82) is 0 Å². The molecule has 0 saturated heterocycles. The predicted molar refractivity (Wildman–Crippen MR) is 89.9 cm³/mol. The highest BCUT2D eigenvalue weighted by atomic mass is 16.3. The maximum absolute atomic E-state index is 10.6. The second-order valence-corrected chi connectivity index (χ2v) is 8.20. The molecule has 5 atom stereocenters. The van der Waals surface area contributed by atoms with Crippen LogP contribution in [0.3, 0.4) is 0 Å². The Morgan fingerprint density at radius 2 is 2.14 bits per heavy atom. The lowest BCUT2D eigenvalue weighted by molar-refractivity contribution is -0.0976. The molecule has 119 valence electrons. The summed E-state index contributed by atoms with van der Waals surface area (Å²) in [7, 11) is 0. The normalized spacial score (nSPS) is 40.5. The largest absolute Gasteiger partial charge is 0.393 e. The molecule has 0 amide bonds. The molecule has 1 aromatic carbocycles. The molecule has 0 spiro atoms. The van der Waals surface area contributed by atoms with Gasteiger partial charge in [-0.25, -0.2) is 0 Å². The van der Waals surface area contributed by atoms with Crippen molar-refractivity contribution in [1.82, 2.24) is 0 Å². The van der Waals surface area contributed by atoms with Gasteiger partial charge < -0.3 is 5.11 Å². The van der Waals surface area contributed by atoms with E-state index in [-0.39, 0.29) is 11.5 Å². The number of fused-ring (bicyclic) bond motifs is 5. The van der Waals surface area contributed by atoms with Crippen LogP contribution in [0.4, 0.5) is 0 Å². The van der Waals surface area contributed by atoms with Crippen LogP contribution in [0.1, 0.15) is 75.0 Å². The van der Waals surface area contributed by atoms with Crippen LogP contribution in [-0.4, -0.2) is 11.2 Å². The third kappa shape index (κ3) is 2.08. The van der Waals surface area contributed by atoms with Crippen molar-refractivity contribution in [3.05, 3.63) is 34.9 Å². The van der Waals surface area contributed by atoms with Crippen molar-refractivity contribution in [2.75, 3.05) is 0 Å². The zero-order valence-corrected chi connectivity index (χ0v) is 14.1. The number of hydrogen-bond donors (Lipinski definition) is 1. The van der Waals surface area contributed by atoms with Gasteiger partial charge in [0, 0.05) is 0 Å². The predicted octanol–water partition coefficient (Wildman–Crippen LogP) is 4.66. The molecule has 1 aromatic rings. The number of aryl methyl sites for hydroxylation is 2. The van der Waals surface area contributed by atoms with Crippen molar-refractivity contribution in [2.24, 2.45) is 17.3 Å². The minimum Gasteiger partial charge on any atom is -0.393 e. The van der Waals surface area contributed by atoms with E-state index in [1.807, 2.05) is 0 Å². The lowest BCUT2D eigenvalue weighted by Gasteiger charge is -2.56. The zero-order valence-electron chi connectivity index (χ0n) is 14.1. The van der Waals surface area contributed by atoms with Crippen LogP contribution >= 0.6 is 0 Å². The maximum atomic E-state index is 10.6. The van der Waals surface area contributed by atoms with Crippen LogP contribution in [0.15, 0.2) is 12.1 Å². The second-order valence-electron chi connectivity index (χ2n) is 8.20. The molecule has 0 aromatic heterocycles. The Balaban J connectivity index is 1.70. The van der Waals surface area contributed by atoms with E-state index in [1.165, 1.54) is 44.1 Å². The van der Waals surface area contributed by atoms with E-state index in [0.717, 1.165) is 30.6 Å². The molecular formula is C21H29O. The molecule has 3 aliphatic carbocycles. The number of rotatable bonds is 1. The summed E-state index contributed by atoms with van der Waals surface area (Å²) in [5, 5.41) is 10.6. The average Bonchev–Trinajstić information content (AvgIpc) is 2.55. The summed E-state index contributed by atoms with van der Waals surface area (Å²) < 4.78 is 0. The van der Waals surface area contributed by atoms with Gasteiger partial charge >= 0.3 is 0 Å². The molecule has 1 heteroatoms. The van der Waals surface area contributed by atoms with Crippen molar-refractivity contribution in [3.8, 4) is 0 Å². The van der Waals surface area contributed by atoms with Gasteiger partial charge in [-0.15, -0.1) is 0 Å². The summed E-state index contributed by atoms with van der Waals surface area (Å²) in [5.41, 5.74) is 4.74. The number of benzene rings is 1. The monoisotopic (exact) mass is 297 g/mol. The highest BCUT2D eigenvalue weighted by molar-refractivity contribution is 5.37. The average molecular weight is 297 g/mol. The molecule has 0 aliphatic heterocycles. The quantitative estimate of drug-likeness (QED) is 0.799. The number of hydrogen-bond acceptors (Lipinski definition) is 1. The highest BCUT2D eigenvalue weighted by Crippen LogP contribution is 2.59. The molecule has 2 saturated carbocycles. The Kier molecular flexibility index (Phi) is 3.60. The van der Waals surface area contributed by atoms with E-state index >= 15 is 0 Å². The molecule has 4 rings (SSSR count). The Bertz CT molecular complexity index is 563. The van der Waals surface area contributed by atoms with E-state index in [2.05, 4.69) is 32.0 Å². The van der Waals surface area contributed by atoms with Gasteiger partial charge in [0.15, 0.2) is 0 Å². The van der Waals surface area contributed by atoms with Crippen molar-refractivity contribution < 1.29 is 5.11 Å². The Hall–Kier alpha value is -0.820. The maximum Gasteiger partial charge on any atom is 0.0596 e. The summed E-state index contributed by atoms with van der Waals surface area (Å²) in [4.78, 5) is 0. The molecule has 0 bridgehead atoms. The summed E-state index contributed by atoms with van der Waals surface area (Å²) in [6.45, 7) is 4.61. The van der Waals surface area contributed by atoms with Crippen LogP contribution in [0.25, 0.3) is 0 Å². The van der Waals surface area contributed by atoms with Gasteiger partial charge in [-0.2, -0.15) is 0 Å². The van der Waals surface area contributed by atoms with Gasteiger partial charge in [0.1, 0.15) is 0 Å². The number of aliphatic hydroxyl groups is 1. The first-order chi connectivity index (χ1) is 10.6. The van der Waals surface area contributed by atoms with E-state index in [1.54, 1.807) is 11.1 Å². The van der Waals surface area contributed by atoms with Crippen LogP contribution in [-0.2, 0) is 12.8 Å². The number of aliphatic hydroxyl groups excluding tert-OH is 1. The molecule has 0 heterocycles. The van der Waals surface area contributed by atoms with Crippen molar-refractivity contribution >= 4 is 0 Å². The first-order valence-corrected chi connectivity index (χ1v) is 9.35. The summed E-state index contributed by atoms with van der Waals surface area (Å²) in [6, 6.07) is 8.20. The molecular weight excluding hydrogens is 268 g/mol. The van der Waals surface area contributed by atoms with Crippen LogP contribution in [0, 0.1) is 23.3 Å². The first kappa shape index (κ1) is 14.8. The fourth-order valence-electron chi connectivity index (χ4n) is 5.92. The Morgan fingerprint density at radius 3 is 2.95 bits per heavy atom. The van der Waals surface area contributed by atoms with Gasteiger partial charge in [0.25, 0.3) is 0 Å². The van der Waals surface area contributed by atoms with E-state index in [9.17, 15) is 5.11 Å². The Labute approximate surface area is 135 Å². The molecule has 1 radical (unpaired) electrons. The molecule has 2 fully saturated rings. The highest BCUT2D eigenvalue weighted by Gasteiger charge is 2.52. The smallest absolute Gasteiger partial charge is 0.0596 e. The summed E-state index contributed by atoms with van der Waals surface area (Å²) in [6.07, 6.45) is 9.63. The SMILES string of the molecule is CCc1[c]cc2c(c1)[C@H]1CC[C@]3(C)C(O)CCC[C@H]3[C@@H]1CC2. The van der Waals surface area contributed by atoms with Crippen LogP contribution in [0.2, 0.25) is 0 Å². The lowest BCUT2D eigenvalue weighted by Crippen LogP contribution is -2.51. The lowest BCUT2D eigenvalue weighted by atomic mass is 9.50. The van der Waals surface area contributed by atoms with Gasteiger partial charge in [-0.1, -0.05) is 32.4 Å². The van der Waals surface area contributed by atoms with E-state index in [0.29, 0.717) is 0 Å². The molecule has 1 N–H and O–H groups in total. The summed E-state index contributed by atoms with van der Waals surface area (Å²) in [5.74, 6) is 2.28. The van der Waals surface area contributed by atoms with Crippen LogP contribution < -0.4 is 0 Å². The van der Waals surface area contributed by atoms with E-state index in [4.69, 9.17) is 0 Å². The summed E-state index contributed by atoms with van der Waals surface area (Å²) >= 11 is 0. The van der Waals surface area contributed by atoms with Crippen LogP contribution in [0.5, 0.6) is 0 Å². The zero-order chi connectivity index (χ0) is 15.3. The van der Waals surface area contributed by atoms with Gasteiger partial charge in [0.2, 0.25) is 0 Å². The van der Waals surface area contributed by atoms with Crippen molar-refractivity contribution in [2.45, 2.75) is 77.2 Å². The molecule has 1 nitrogen and oxygen atoms in total. The minimum absolute atomic E-state index is 0.0658. The fourth-order valence-corrected chi connectivity index (χ4v) is 5.92. The van der Waals surface area contributed by atoms with E-state index < -0.39 is 0 Å². The third-order valence-electron chi connectivity index (χ3n) is 7.29. The Morgan fingerprint density at radius 1 is 1.27 bits per heavy atom. The van der Waals surface area contributed by atoms with Gasteiger partial charge in [-0.3, -0.25) is 0 Å². The standard InChI is InChI=1S/C21H29O/c1-3-14-7-8-15-9-10-17-16(18(15)13-14)11-12-21(2)19(17)5-4-6-20(21)22/h8,13,16-17,19-20,22H,3-6,9-12H2,1-2H3/t16-,17+,19-,20?,21-/m0/s1. The third-order valence-corrected chi connectivity index (χ3v) is 7.29. The fraction of sp³-hybridized carbons (Fsp3) is 0.714. The van der Waals surface area contributed by atoms with Gasteiger partial charge in [-0.05, 0) is 90.9 Å².